The van der Waals surface area contributed by atoms with Gasteiger partial charge in [0.2, 0.25) is 0 Å². The van der Waals surface area contributed by atoms with Gasteiger partial charge in [0.25, 0.3) is 23.6 Å². The fourth-order valence-electron chi connectivity index (χ4n) is 5.47. The van der Waals surface area contributed by atoms with E-state index in [1.165, 1.54) is 57.4 Å². The van der Waals surface area contributed by atoms with Crippen LogP contribution in [0.15, 0.2) is 166 Å². The lowest BCUT2D eigenvalue weighted by atomic mass is 10.1. The maximum atomic E-state index is 11.5. The first-order valence-electron chi connectivity index (χ1n) is 27.7. The predicted octanol–water partition coefficient (Wildman–Crippen LogP) is 11.8. The third-order valence-corrected chi connectivity index (χ3v) is 10.2. The Labute approximate surface area is 547 Å². The number of fused-ring (bicyclic) bond motifs is 2. The van der Waals surface area contributed by atoms with Gasteiger partial charge < -0.3 is 33.3 Å². The number of carbonyl (C=O) groups excluding carboxylic acids is 11. The summed E-state index contributed by atoms with van der Waals surface area (Å²) in [4.78, 5) is 118. The van der Waals surface area contributed by atoms with Crippen molar-refractivity contribution in [1.82, 2.24) is 10.2 Å². The molecular weight excluding hydrogens is 1310 g/mol. The molecule has 2 atom stereocenters. The van der Waals surface area contributed by atoms with Gasteiger partial charge in [-0.2, -0.15) is 52.7 Å². The molecule has 4 amide bonds. The van der Waals surface area contributed by atoms with Gasteiger partial charge in [0.05, 0.1) is 31.4 Å². The smallest absolute Gasteiger partial charge is 0.392 e. The van der Waals surface area contributed by atoms with Crippen molar-refractivity contribution >= 4 is 71.1 Å². The molecule has 5 aliphatic rings. The van der Waals surface area contributed by atoms with Crippen molar-refractivity contribution in [3.8, 4) is 0 Å². The van der Waals surface area contributed by atoms with Crippen LogP contribution in [0.1, 0.15) is 72.6 Å². The molecule has 1 fully saturated rings. The summed E-state index contributed by atoms with van der Waals surface area (Å²) in [6.45, 7) is 27.8. The highest BCUT2D eigenvalue weighted by Gasteiger charge is 2.30. The predicted molar refractivity (Wildman–Crippen MR) is 326 cm³/mol. The molecule has 3 aliphatic heterocycles. The highest BCUT2D eigenvalue weighted by molar-refractivity contribution is 6.28. The highest BCUT2D eigenvalue weighted by atomic mass is 19.4. The number of carbonyl (C=O) groups is 11. The normalized spacial score (nSPS) is 14.7. The summed E-state index contributed by atoms with van der Waals surface area (Å²) in [5, 5.41) is 2.03. The summed E-state index contributed by atoms with van der Waals surface area (Å²) in [6.07, 6.45) is -1.94. The molecule has 2 bridgehead atoms. The van der Waals surface area contributed by atoms with Crippen molar-refractivity contribution < 1.29 is 134 Å². The van der Waals surface area contributed by atoms with E-state index in [9.17, 15) is 105 Å². The quantitative estimate of drug-likeness (QED) is 0.0209. The average Bonchev–Trinajstić information content (AvgIpc) is 1.69. The van der Waals surface area contributed by atoms with Gasteiger partial charge in [0.15, 0.2) is 0 Å². The third kappa shape index (κ3) is 59.3. The number of alkyl halides is 12. The lowest BCUT2D eigenvalue weighted by Gasteiger charge is -2.12. The number of rotatable bonds is 18. The molecule has 96 heavy (non-hydrogen) atoms. The lowest BCUT2D eigenvalue weighted by Crippen LogP contribution is -2.29. The molecule has 0 spiro atoms. The molecule has 1 N–H and O–H groups in total. The Morgan fingerprint density at radius 3 is 1.03 bits per heavy atom. The Morgan fingerprint density at radius 2 is 0.823 bits per heavy atom. The number of esters is 7. The van der Waals surface area contributed by atoms with Crippen LogP contribution in [0.25, 0.3) is 0 Å². The molecule has 3 heterocycles. The van der Waals surface area contributed by atoms with Crippen LogP contribution in [0.3, 0.4) is 0 Å². The molecule has 32 heteroatoms. The average molecular weight is 1390 g/mol. The zero-order valence-corrected chi connectivity index (χ0v) is 53.4. The van der Waals surface area contributed by atoms with Crippen molar-refractivity contribution in [2.45, 2.75) is 97.3 Å². The topological polar surface area (TPSA) is 262 Å². The number of imide groups is 2. The monoisotopic (exact) mass is 1390 g/mol. The molecule has 2 aliphatic carbocycles. The van der Waals surface area contributed by atoms with E-state index in [1.54, 1.807) is 37.3 Å². The third-order valence-electron chi connectivity index (χ3n) is 10.2. The summed E-state index contributed by atoms with van der Waals surface area (Å²) in [7, 11) is 3.85. The van der Waals surface area contributed by atoms with Gasteiger partial charge >= 0.3 is 66.5 Å². The molecule has 0 radical (unpaired) electrons. The number of nitrogens with one attached hydrogen (secondary N) is 1. The zero-order valence-electron chi connectivity index (χ0n) is 53.4. The van der Waals surface area contributed by atoms with Crippen molar-refractivity contribution in [3.63, 3.8) is 0 Å². The second kappa shape index (κ2) is 49.8. The molecular formula is C64H77F12N3O17. The molecule has 6 rings (SSSR count). The van der Waals surface area contributed by atoms with E-state index in [-0.39, 0.29) is 40.7 Å². The van der Waals surface area contributed by atoms with Gasteiger partial charge in [-0.25, -0.2) is 38.5 Å². The maximum absolute atomic E-state index is 11.5. The first-order chi connectivity index (χ1) is 44.2. The molecule has 20 nitrogen and oxygen atoms in total. The lowest BCUT2D eigenvalue weighted by molar-refractivity contribution is -0.157. The first-order valence-corrected chi connectivity index (χ1v) is 27.7. The van der Waals surface area contributed by atoms with E-state index in [0.717, 1.165) is 53.2 Å². The molecule has 0 aromatic heterocycles. The minimum atomic E-state index is -4.28. The standard InChI is InChI=1S/C10H7NO2.C8H15NO2.2C7H9F3O2.C7H10.2C6H7F3O2.C5H8.C4H3NO2.C4H2O3/c12-9-6-7-10(13)11(9)8-4-2-1-3-5-8;1-7(2)8(10)11-6-5-9(3)4;2*1-5(2)6(11)12-4-3-7(8,9)10;1-2-7-4-3-6(1)5-7;2*1-2-5(10)11-4-3-6(7,8)9;1-4-5(2)3;6-3-1-2-4(7)5-3;5-3-1-2-4(6)7-3/h1-7H;1,5-6H2,2-4H3;2*1,3-4H2,2H3;1-2,6-7H,3-5H2;2*2H,1,3-4H2;4H,1-2H2,3H3;1-2H,(H,5,6,7);1-2H. The fourth-order valence-corrected chi connectivity index (χ4v) is 5.47. The Balaban J connectivity index is -0.000000494. The van der Waals surface area contributed by atoms with E-state index < -0.39 is 113 Å². The number of benzene rings is 1. The van der Waals surface area contributed by atoms with Crippen LogP contribution in [0.4, 0.5) is 58.4 Å². The summed E-state index contributed by atoms with van der Waals surface area (Å²) < 4.78 is 163. The number of hydrogen-bond acceptors (Lipinski definition) is 18. The molecule has 534 valence electrons. The largest absolute Gasteiger partial charge is 0.462 e. The summed E-state index contributed by atoms with van der Waals surface area (Å²) in [6, 6.07) is 8.86. The van der Waals surface area contributed by atoms with Crippen LogP contribution in [0.2, 0.25) is 0 Å². The number of halogens is 12. The van der Waals surface area contributed by atoms with Crippen molar-refractivity contribution in [2.75, 3.05) is 58.6 Å². The SMILES string of the molecule is C1=CC2CCC1C2.C=C(C)C(=O)OCCC(F)(F)F.C=C(C)C(=O)OCCC(F)(F)F.C=C(C)C(=O)OCCN(C)C.C=CC(=C)C.C=CC(=O)OCCC(F)(F)F.C=CC(=O)OCCC(F)(F)F.O=C1C=CC(=O)N1.O=C1C=CC(=O)N1c1ccccc1.O=C1C=CC(=O)O1. The minimum Gasteiger partial charge on any atom is -0.462 e. The van der Waals surface area contributed by atoms with Crippen LogP contribution < -0.4 is 10.2 Å². The van der Waals surface area contributed by atoms with Crippen LogP contribution in [-0.2, 0) is 81.2 Å². The van der Waals surface area contributed by atoms with Gasteiger partial charge in [-0.3, -0.25) is 24.5 Å². The Hall–Kier alpha value is -9.75. The second-order valence-corrected chi connectivity index (χ2v) is 19.5. The number of allylic oxidation sites excluding steroid dienone is 4. The fraction of sp³-hybridized carbons (Fsp3) is 0.391. The van der Waals surface area contributed by atoms with Crippen LogP contribution in [0.5, 0.6) is 0 Å². The van der Waals surface area contributed by atoms with Crippen molar-refractivity contribution in [1.29, 1.82) is 0 Å². The maximum Gasteiger partial charge on any atom is 0.392 e. The number of hydrogen-bond donors (Lipinski definition) is 1. The van der Waals surface area contributed by atoms with Gasteiger partial charge in [0, 0.05) is 71.9 Å². The van der Waals surface area contributed by atoms with Crippen molar-refractivity contribution in [2.24, 2.45) is 11.8 Å². The number of likely N-dealkylation sites (N-methyl/N-ethyl adjacent to an activating group) is 1. The first kappa shape index (κ1) is 92.7. The number of nitrogens with zero attached hydrogens (tertiary/aromatic N) is 2. The number of amides is 4. The van der Waals surface area contributed by atoms with E-state index in [2.05, 4.69) is 81.9 Å². The summed E-state index contributed by atoms with van der Waals surface area (Å²) >= 11 is 0. The van der Waals surface area contributed by atoms with Gasteiger partial charge in [-0.15, -0.1) is 0 Å². The molecule has 1 aromatic rings. The number of anilines is 1. The Kier molecular flexibility index (Phi) is 48.0. The van der Waals surface area contributed by atoms with Gasteiger partial charge in [-0.05, 0) is 85.0 Å². The van der Waals surface area contributed by atoms with E-state index >= 15 is 0 Å². The number of ether oxygens (including phenoxy) is 6. The van der Waals surface area contributed by atoms with Crippen LogP contribution in [0, 0.1) is 11.8 Å². The van der Waals surface area contributed by atoms with E-state index in [4.69, 9.17) is 4.74 Å². The Morgan fingerprint density at radius 1 is 0.510 bits per heavy atom. The number of para-hydroxylation sites is 1. The Bertz CT molecular complexity index is 2750. The van der Waals surface area contributed by atoms with Gasteiger partial charge in [-0.1, -0.05) is 88.1 Å². The van der Waals surface area contributed by atoms with Gasteiger partial charge in [0.1, 0.15) is 33.0 Å². The summed E-state index contributed by atoms with van der Waals surface area (Å²) in [5.74, 6) is -3.97. The minimum absolute atomic E-state index is 0.0946. The van der Waals surface area contributed by atoms with E-state index in [1.807, 2.05) is 37.3 Å². The molecule has 1 aromatic carbocycles. The van der Waals surface area contributed by atoms with Crippen LogP contribution in [-0.4, -0.2) is 149 Å². The zero-order chi connectivity index (χ0) is 75.0. The molecule has 1 saturated carbocycles. The second-order valence-electron chi connectivity index (χ2n) is 19.5. The molecule has 0 saturated heterocycles. The highest BCUT2D eigenvalue weighted by Crippen LogP contribution is 2.38. The summed E-state index contributed by atoms with van der Waals surface area (Å²) in [5.41, 5.74) is 2.27. The van der Waals surface area contributed by atoms with Crippen LogP contribution >= 0.6 is 0 Å². The number of cyclic esters (lactones) is 2. The van der Waals surface area contributed by atoms with Crippen molar-refractivity contribution in [3.05, 3.63) is 166 Å². The van der Waals surface area contributed by atoms with E-state index in [0.29, 0.717) is 17.9 Å². The molecule has 2 unspecified atom stereocenters.